The number of benzene rings is 2. The van der Waals surface area contributed by atoms with Gasteiger partial charge in [0.2, 0.25) is 11.1 Å². The third-order valence-electron chi connectivity index (χ3n) is 5.36. The minimum absolute atomic E-state index is 0.122. The first-order valence-electron chi connectivity index (χ1n) is 9.93. The zero-order valence-electron chi connectivity index (χ0n) is 16.7. The zero-order chi connectivity index (χ0) is 20.2. The van der Waals surface area contributed by atoms with E-state index in [4.69, 9.17) is 0 Å². The largest absolute Gasteiger partial charge is 0.335 e. The molecule has 0 N–H and O–H groups in total. The molecule has 4 rings (SSSR count). The molecule has 150 valence electrons. The number of hydrogen-bond acceptors (Lipinski definition) is 5. The molecule has 0 bridgehead atoms. The maximum Gasteiger partial charge on any atom is 0.233 e. The summed E-state index contributed by atoms with van der Waals surface area (Å²) in [5, 5.41) is 12.6. The summed E-state index contributed by atoms with van der Waals surface area (Å²) in [4.78, 5) is 15.2. The van der Waals surface area contributed by atoms with Crippen molar-refractivity contribution in [3.8, 4) is 5.69 Å². The van der Waals surface area contributed by atoms with Gasteiger partial charge in [0.1, 0.15) is 0 Å². The van der Waals surface area contributed by atoms with Crippen LogP contribution in [0.5, 0.6) is 0 Å². The number of thioether (sulfide) groups is 1. The van der Waals surface area contributed by atoms with Gasteiger partial charge in [-0.3, -0.25) is 4.79 Å². The summed E-state index contributed by atoms with van der Waals surface area (Å²) < 4.78 is 1.68. The summed E-state index contributed by atoms with van der Waals surface area (Å²) >= 11 is 1.38. The second kappa shape index (κ2) is 8.78. The molecular formula is C22H25N5OS. The van der Waals surface area contributed by atoms with Gasteiger partial charge in [0.05, 0.1) is 11.4 Å². The van der Waals surface area contributed by atoms with Crippen molar-refractivity contribution in [1.29, 1.82) is 0 Å². The highest BCUT2D eigenvalue weighted by Gasteiger charge is 2.34. The van der Waals surface area contributed by atoms with Crippen molar-refractivity contribution in [3.05, 3.63) is 65.7 Å². The highest BCUT2D eigenvalue weighted by Crippen LogP contribution is 2.36. The lowest BCUT2D eigenvalue weighted by atomic mass is 10.1. The average molecular weight is 408 g/mol. The zero-order valence-corrected chi connectivity index (χ0v) is 17.5. The molecule has 7 heteroatoms. The van der Waals surface area contributed by atoms with Crippen LogP contribution in [0, 0.1) is 12.8 Å². The topological polar surface area (TPSA) is 63.9 Å². The highest BCUT2D eigenvalue weighted by atomic mass is 32.2. The fourth-order valence-corrected chi connectivity index (χ4v) is 4.18. The van der Waals surface area contributed by atoms with Gasteiger partial charge in [-0.15, -0.1) is 5.10 Å². The highest BCUT2D eigenvalue weighted by molar-refractivity contribution is 7.99. The van der Waals surface area contributed by atoms with Crippen molar-refractivity contribution in [3.63, 3.8) is 0 Å². The second-order valence-corrected chi connectivity index (χ2v) is 8.53. The average Bonchev–Trinajstić information content (AvgIpc) is 3.49. The molecule has 29 heavy (non-hydrogen) atoms. The van der Waals surface area contributed by atoms with Gasteiger partial charge in [-0.2, -0.15) is 4.68 Å². The van der Waals surface area contributed by atoms with E-state index in [2.05, 4.69) is 34.6 Å². The van der Waals surface area contributed by atoms with Crippen molar-refractivity contribution < 1.29 is 4.79 Å². The van der Waals surface area contributed by atoms with Gasteiger partial charge in [0.15, 0.2) is 0 Å². The summed E-state index contributed by atoms with van der Waals surface area (Å²) in [6.07, 6.45) is 2.41. The van der Waals surface area contributed by atoms with E-state index in [-0.39, 0.29) is 11.9 Å². The molecule has 1 heterocycles. The van der Waals surface area contributed by atoms with Crippen LogP contribution in [0.25, 0.3) is 5.69 Å². The van der Waals surface area contributed by atoms with Gasteiger partial charge in [0, 0.05) is 12.6 Å². The van der Waals surface area contributed by atoms with Crippen molar-refractivity contribution >= 4 is 17.7 Å². The number of carbonyl (C=O) groups is 1. The summed E-state index contributed by atoms with van der Waals surface area (Å²) in [7, 11) is 0. The molecule has 0 radical (unpaired) electrons. The Morgan fingerprint density at radius 3 is 2.59 bits per heavy atom. The molecule has 1 aromatic heterocycles. The fraction of sp³-hybridized carbons (Fsp3) is 0.364. The van der Waals surface area contributed by atoms with Crippen molar-refractivity contribution in [2.45, 2.75) is 44.4 Å². The van der Waals surface area contributed by atoms with Crippen LogP contribution in [0.2, 0.25) is 0 Å². The second-order valence-electron chi connectivity index (χ2n) is 7.58. The summed E-state index contributed by atoms with van der Waals surface area (Å²) in [5.74, 6) is 1.05. The van der Waals surface area contributed by atoms with E-state index < -0.39 is 0 Å². The fourth-order valence-electron chi connectivity index (χ4n) is 3.40. The van der Waals surface area contributed by atoms with E-state index in [1.165, 1.54) is 30.2 Å². The number of aromatic nitrogens is 4. The molecule has 3 aromatic rings. The molecule has 1 amide bonds. The van der Waals surface area contributed by atoms with E-state index >= 15 is 0 Å². The van der Waals surface area contributed by atoms with E-state index in [0.29, 0.717) is 23.4 Å². The maximum absolute atomic E-state index is 13.1. The smallest absolute Gasteiger partial charge is 0.233 e. The summed E-state index contributed by atoms with van der Waals surface area (Å²) in [6, 6.07) is 18.4. The van der Waals surface area contributed by atoms with Gasteiger partial charge in [-0.05, 0) is 60.7 Å². The normalized spacial score (nSPS) is 14.6. The molecule has 0 aliphatic heterocycles. The number of nitrogens with zero attached hydrogens (tertiary/aromatic N) is 5. The Labute approximate surface area is 175 Å². The summed E-state index contributed by atoms with van der Waals surface area (Å²) in [6.45, 7) is 4.85. The number of tetrazole rings is 1. The van der Waals surface area contributed by atoms with Crippen LogP contribution in [0.15, 0.2) is 59.8 Å². The molecule has 1 saturated carbocycles. The van der Waals surface area contributed by atoms with E-state index in [9.17, 15) is 4.79 Å². The third kappa shape index (κ3) is 4.85. The maximum atomic E-state index is 13.1. The van der Waals surface area contributed by atoms with Gasteiger partial charge in [-0.25, -0.2) is 0 Å². The Morgan fingerprint density at radius 1 is 1.17 bits per heavy atom. The SMILES string of the molecule is Cc1ccc(-n2nnnc2SCC(=O)N(Cc2ccccc2)C(C)C2CC2)cc1. The molecule has 1 atom stereocenters. The Balaban J connectivity index is 1.46. The Kier molecular flexibility index (Phi) is 5.94. The molecular weight excluding hydrogens is 382 g/mol. The van der Waals surface area contributed by atoms with E-state index in [1.54, 1.807) is 4.68 Å². The molecule has 6 nitrogen and oxygen atoms in total. The predicted molar refractivity (Wildman–Crippen MR) is 114 cm³/mol. The third-order valence-corrected chi connectivity index (χ3v) is 6.26. The Morgan fingerprint density at radius 2 is 1.90 bits per heavy atom. The minimum atomic E-state index is 0.122. The first-order valence-corrected chi connectivity index (χ1v) is 10.9. The molecule has 1 fully saturated rings. The number of amides is 1. The van der Waals surface area contributed by atoms with Gasteiger partial charge in [-0.1, -0.05) is 59.8 Å². The molecule has 1 unspecified atom stereocenters. The standard InChI is InChI=1S/C22H25N5OS/c1-16-8-12-20(13-9-16)27-22(23-24-25-27)29-15-21(28)26(17(2)19-10-11-19)14-18-6-4-3-5-7-18/h3-9,12-13,17,19H,10-11,14-15H2,1-2H3. The number of rotatable bonds is 8. The lowest BCUT2D eigenvalue weighted by Gasteiger charge is -2.29. The van der Waals surface area contributed by atoms with Crippen molar-refractivity contribution in [1.82, 2.24) is 25.1 Å². The minimum Gasteiger partial charge on any atom is -0.335 e. The van der Waals surface area contributed by atoms with Crippen molar-refractivity contribution in [2.24, 2.45) is 5.92 Å². The Hall–Kier alpha value is -2.67. The van der Waals surface area contributed by atoms with Crippen LogP contribution in [-0.4, -0.2) is 42.8 Å². The molecule has 0 spiro atoms. The molecule has 2 aromatic carbocycles. The van der Waals surface area contributed by atoms with Crippen LogP contribution in [-0.2, 0) is 11.3 Å². The van der Waals surface area contributed by atoms with E-state index in [0.717, 1.165) is 11.3 Å². The summed E-state index contributed by atoms with van der Waals surface area (Å²) in [5.41, 5.74) is 3.22. The monoisotopic (exact) mass is 407 g/mol. The van der Waals surface area contributed by atoms with Crippen LogP contribution in [0.3, 0.4) is 0 Å². The first-order chi connectivity index (χ1) is 14.1. The van der Waals surface area contributed by atoms with Crippen molar-refractivity contribution in [2.75, 3.05) is 5.75 Å². The van der Waals surface area contributed by atoms with E-state index in [1.807, 2.05) is 54.3 Å². The lowest BCUT2D eigenvalue weighted by Crippen LogP contribution is -2.40. The van der Waals surface area contributed by atoms with Crippen LogP contribution in [0.4, 0.5) is 0 Å². The first kappa shape index (κ1) is 19.6. The number of hydrogen-bond donors (Lipinski definition) is 0. The van der Waals surface area contributed by atoms with Gasteiger partial charge in [0.25, 0.3) is 0 Å². The van der Waals surface area contributed by atoms with Crippen LogP contribution >= 0.6 is 11.8 Å². The molecule has 0 saturated heterocycles. The number of carbonyl (C=O) groups excluding carboxylic acids is 1. The van der Waals surface area contributed by atoms with Crippen LogP contribution in [0.1, 0.15) is 30.9 Å². The van der Waals surface area contributed by atoms with Crippen LogP contribution < -0.4 is 0 Å². The molecule has 1 aliphatic carbocycles. The Bertz CT molecular complexity index is 953. The van der Waals surface area contributed by atoms with Gasteiger partial charge >= 0.3 is 0 Å². The quantitative estimate of drug-likeness (QED) is 0.530. The number of aryl methyl sites for hydroxylation is 1. The molecule has 1 aliphatic rings. The predicted octanol–water partition coefficient (Wildman–Crippen LogP) is 3.89. The van der Waals surface area contributed by atoms with Gasteiger partial charge < -0.3 is 4.90 Å². The lowest BCUT2D eigenvalue weighted by molar-refractivity contribution is -0.131.